The minimum atomic E-state index is -0.737. The number of ether oxygens (including phenoxy) is 1. The van der Waals surface area contributed by atoms with E-state index in [4.69, 9.17) is 14.7 Å². The van der Waals surface area contributed by atoms with Crippen LogP contribution in [0.15, 0.2) is 24.4 Å². The maximum Gasteiger partial charge on any atom is 0.228 e. The molecule has 37 heavy (non-hydrogen) atoms. The fourth-order valence-electron chi connectivity index (χ4n) is 4.87. The zero-order chi connectivity index (χ0) is 25.8. The van der Waals surface area contributed by atoms with Crippen molar-refractivity contribution in [1.29, 1.82) is 0 Å². The Morgan fingerprint density at radius 2 is 1.84 bits per heavy atom. The minimum Gasteiger partial charge on any atom is -0.390 e. The smallest absolute Gasteiger partial charge is 0.228 e. The van der Waals surface area contributed by atoms with Gasteiger partial charge in [-0.1, -0.05) is 0 Å². The lowest BCUT2D eigenvalue weighted by Gasteiger charge is -2.37. The summed E-state index contributed by atoms with van der Waals surface area (Å²) in [6, 6.07) is 3.71. The average molecular weight is 508 g/mol. The van der Waals surface area contributed by atoms with Crippen LogP contribution in [0, 0.1) is 25.5 Å². The molecule has 1 aliphatic heterocycles. The third-order valence-electron chi connectivity index (χ3n) is 6.98. The Balaban J connectivity index is 1.44. The third-order valence-corrected chi connectivity index (χ3v) is 6.98. The quantitative estimate of drug-likeness (QED) is 0.433. The monoisotopic (exact) mass is 507 g/mol. The zero-order valence-electron chi connectivity index (χ0n) is 20.8. The van der Waals surface area contributed by atoms with Crippen molar-refractivity contribution in [3.8, 4) is 11.3 Å². The SMILES string of the molecule is Cc1nc2nc(N3C[C@@H](c4cnn(C5CC5)c4CO)O[C@@H](C)C3)nc(-c3ccc(F)cc3F)c2nc1C. The minimum absolute atomic E-state index is 0.124. The van der Waals surface area contributed by atoms with Crippen LogP contribution >= 0.6 is 0 Å². The second kappa shape index (κ2) is 9.07. The topological polar surface area (TPSA) is 102 Å². The van der Waals surface area contributed by atoms with Crippen LogP contribution in [0.5, 0.6) is 0 Å². The number of aliphatic hydroxyl groups is 1. The Labute approximate surface area is 212 Å². The Kier molecular flexibility index (Phi) is 5.84. The largest absolute Gasteiger partial charge is 0.390 e. The van der Waals surface area contributed by atoms with Gasteiger partial charge in [-0.15, -0.1) is 0 Å². The number of fused-ring (bicyclic) bond motifs is 1. The molecule has 0 bridgehead atoms. The molecule has 1 saturated heterocycles. The van der Waals surface area contributed by atoms with Crippen LogP contribution in [0.25, 0.3) is 22.4 Å². The summed E-state index contributed by atoms with van der Waals surface area (Å²) in [5.74, 6) is -1.06. The van der Waals surface area contributed by atoms with Gasteiger partial charge in [0, 0.05) is 23.7 Å². The van der Waals surface area contributed by atoms with Gasteiger partial charge in [-0.25, -0.2) is 23.7 Å². The molecular formula is C26H27F2N7O2. The van der Waals surface area contributed by atoms with Gasteiger partial charge in [-0.2, -0.15) is 10.1 Å². The van der Waals surface area contributed by atoms with E-state index in [9.17, 15) is 13.9 Å². The van der Waals surface area contributed by atoms with Crippen LogP contribution in [-0.4, -0.2) is 54.0 Å². The molecular weight excluding hydrogens is 480 g/mol. The van der Waals surface area contributed by atoms with Crippen LogP contribution in [0.1, 0.15) is 54.6 Å². The first-order valence-corrected chi connectivity index (χ1v) is 12.4. The number of morpholine rings is 1. The summed E-state index contributed by atoms with van der Waals surface area (Å²) in [5.41, 5.74) is 4.03. The first-order valence-electron chi connectivity index (χ1n) is 12.4. The van der Waals surface area contributed by atoms with Crippen LogP contribution in [0.4, 0.5) is 14.7 Å². The highest BCUT2D eigenvalue weighted by Crippen LogP contribution is 2.38. The van der Waals surface area contributed by atoms with Crippen molar-refractivity contribution >= 4 is 17.1 Å². The summed E-state index contributed by atoms with van der Waals surface area (Å²) in [7, 11) is 0. The molecule has 1 aromatic carbocycles. The van der Waals surface area contributed by atoms with E-state index in [2.05, 4.69) is 15.1 Å². The maximum atomic E-state index is 14.9. The standard InChI is InChI=1S/C26H27F2N7O2/c1-13-10-34(11-22(37-13)19-9-29-35(17-5-6-17)21(19)12-36)26-32-23(18-7-4-16(27)8-20(18)28)24-25(33-26)31-15(3)14(2)30-24/h4,7-9,13,17,22,36H,5-6,10-12H2,1-3H3/t13-,22-/m0/s1. The van der Waals surface area contributed by atoms with E-state index in [1.165, 1.54) is 12.1 Å². The van der Waals surface area contributed by atoms with Crippen LogP contribution in [-0.2, 0) is 11.3 Å². The van der Waals surface area contributed by atoms with Crippen LogP contribution in [0.3, 0.4) is 0 Å². The highest BCUT2D eigenvalue weighted by atomic mass is 19.1. The molecule has 0 unspecified atom stereocenters. The lowest BCUT2D eigenvalue weighted by atomic mass is 10.1. The first kappa shape index (κ1) is 23.8. The number of hydrogen-bond acceptors (Lipinski definition) is 8. The summed E-state index contributed by atoms with van der Waals surface area (Å²) in [5, 5.41) is 14.6. The first-order chi connectivity index (χ1) is 17.8. The van der Waals surface area contributed by atoms with Gasteiger partial charge in [-0.05, 0) is 45.7 Å². The molecule has 6 rings (SSSR count). The summed E-state index contributed by atoms with van der Waals surface area (Å²) < 4.78 is 36.7. The molecule has 2 fully saturated rings. The van der Waals surface area contributed by atoms with Crippen molar-refractivity contribution in [3.05, 3.63) is 58.7 Å². The normalized spacial score (nSPS) is 20.1. The molecule has 1 N–H and O–H groups in total. The van der Waals surface area contributed by atoms with Crippen molar-refractivity contribution < 1.29 is 18.6 Å². The number of aryl methyl sites for hydroxylation is 2. The van der Waals surface area contributed by atoms with E-state index in [0.29, 0.717) is 47.6 Å². The number of benzene rings is 1. The van der Waals surface area contributed by atoms with Crippen LogP contribution in [0.2, 0.25) is 0 Å². The van der Waals surface area contributed by atoms with Gasteiger partial charge in [0.15, 0.2) is 5.65 Å². The van der Waals surface area contributed by atoms with Crippen molar-refractivity contribution in [1.82, 2.24) is 29.7 Å². The molecule has 11 heteroatoms. The van der Waals surface area contributed by atoms with Gasteiger partial charge in [0.2, 0.25) is 5.95 Å². The number of rotatable bonds is 5. The lowest BCUT2D eigenvalue weighted by Crippen LogP contribution is -2.44. The maximum absolute atomic E-state index is 14.9. The predicted octanol–water partition coefficient (Wildman–Crippen LogP) is 3.97. The van der Waals surface area contributed by atoms with E-state index >= 15 is 0 Å². The third kappa shape index (κ3) is 4.31. The number of hydrogen-bond donors (Lipinski definition) is 1. The molecule has 2 atom stereocenters. The van der Waals surface area contributed by atoms with E-state index in [-0.39, 0.29) is 30.1 Å². The van der Waals surface area contributed by atoms with Crippen LogP contribution < -0.4 is 4.90 Å². The molecule has 1 saturated carbocycles. The van der Waals surface area contributed by atoms with E-state index in [1.807, 2.05) is 30.4 Å². The Hall–Kier alpha value is -3.57. The summed E-state index contributed by atoms with van der Waals surface area (Å²) in [4.78, 5) is 20.6. The lowest BCUT2D eigenvalue weighted by molar-refractivity contribution is -0.0188. The number of halogens is 2. The molecule has 192 valence electrons. The fraction of sp³-hybridized carbons (Fsp3) is 0.423. The molecule has 0 amide bonds. The van der Waals surface area contributed by atoms with Gasteiger partial charge in [0.05, 0.1) is 48.6 Å². The van der Waals surface area contributed by atoms with E-state index in [1.54, 1.807) is 6.20 Å². The number of aromatic nitrogens is 6. The highest BCUT2D eigenvalue weighted by molar-refractivity contribution is 5.88. The molecule has 4 aromatic rings. The number of aliphatic hydroxyl groups excluding tert-OH is 1. The predicted molar refractivity (Wildman–Crippen MR) is 132 cm³/mol. The molecule has 4 heterocycles. The Morgan fingerprint density at radius 3 is 2.57 bits per heavy atom. The highest BCUT2D eigenvalue weighted by Gasteiger charge is 2.34. The Morgan fingerprint density at radius 1 is 1.05 bits per heavy atom. The summed E-state index contributed by atoms with van der Waals surface area (Å²) in [6.45, 7) is 6.38. The van der Waals surface area contributed by atoms with E-state index in [0.717, 1.165) is 30.2 Å². The molecule has 0 radical (unpaired) electrons. The van der Waals surface area contributed by atoms with Gasteiger partial charge < -0.3 is 14.7 Å². The van der Waals surface area contributed by atoms with E-state index < -0.39 is 11.6 Å². The molecule has 3 aromatic heterocycles. The second-order valence-corrected chi connectivity index (χ2v) is 9.78. The summed E-state index contributed by atoms with van der Waals surface area (Å²) >= 11 is 0. The molecule has 9 nitrogen and oxygen atoms in total. The Bertz CT molecular complexity index is 1500. The van der Waals surface area contributed by atoms with Crippen molar-refractivity contribution in [2.24, 2.45) is 0 Å². The molecule has 0 spiro atoms. The molecule has 2 aliphatic rings. The van der Waals surface area contributed by atoms with Gasteiger partial charge >= 0.3 is 0 Å². The van der Waals surface area contributed by atoms with Gasteiger partial charge in [0.25, 0.3) is 0 Å². The summed E-state index contributed by atoms with van der Waals surface area (Å²) in [6.07, 6.45) is 3.33. The fourth-order valence-corrected chi connectivity index (χ4v) is 4.87. The van der Waals surface area contributed by atoms with Gasteiger partial charge in [0.1, 0.15) is 28.9 Å². The number of nitrogens with zero attached hydrogens (tertiary/aromatic N) is 7. The molecule has 1 aliphatic carbocycles. The van der Waals surface area contributed by atoms with Gasteiger partial charge in [-0.3, -0.25) is 4.68 Å². The van der Waals surface area contributed by atoms with Crippen molar-refractivity contribution in [2.75, 3.05) is 18.0 Å². The average Bonchev–Trinajstić information content (AvgIpc) is 3.62. The van der Waals surface area contributed by atoms with Crippen molar-refractivity contribution in [2.45, 2.75) is 58.5 Å². The van der Waals surface area contributed by atoms with Crippen molar-refractivity contribution in [3.63, 3.8) is 0 Å². The number of anilines is 1. The second-order valence-electron chi connectivity index (χ2n) is 9.78. The zero-order valence-corrected chi connectivity index (χ0v) is 20.8.